The molecule has 0 atom stereocenters. The van der Waals surface area contributed by atoms with Crippen molar-refractivity contribution in [2.24, 2.45) is 11.3 Å². The molecule has 2 fully saturated rings. The molecule has 100 valence electrons. The standard InChI is InChI=1S/C14H28N2O/c1-13(2)11-17-10-9-16-8-5-14(12-16)3-6-15-7-4-14/h13,15H,3-12H2,1-2H3. The van der Waals surface area contributed by atoms with E-state index in [-0.39, 0.29) is 0 Å². The Morgan fingerprint density at radius 2 is 2.00 bits per heavy atom. The fourth-order valence-corrected chi connectivity index (χ4v) is 3.10. The molecule has 0 aromatic heterocycles. The maximum Gasteiger partial charge on any atom is 0.0593 e. The number of piperidine rings is 1. The molecule has 0 bridgehead atoms. The SMILES string of the molecule is CC(C)COCCN1CCC2(CCNCC2)C1. The Hall–Kier alpha value is -0.120. The van der Waals surface area contributed by atoms with Crippen LogP contribution in [0.1, 0.15) is 33.1 Å². The third kappa shape index (κ3) is 3.94. The average Bonchev–Trinajstić information content (AvgIpc) is 2.69. The highest BCUT2D eigenvalue weighted by molar-refractivity contribution is 4.92. The maximum absolute atomic E-state index is 5.68. The van der Waals surface area contributed by atoms with Crippen LogP contribution in [-0.4, -0.2) is 50.8 Å². The lowest BCUT2D eigenvalue weighted by Crippen LogP contribution is -2.39. The maximum atomic E-state index is 5.68. The molecule has 3 heteroatoms. The zero-order valence-corrected chi connectivity index (χ0v) is 11.5. The zero-order chi connectivity index (χ0) is 12.1. The predicted octanol–water partition coefficient (Wildman–Crippen LogP) is 1.73. The summed E-state index contributed by atoms with van der Waals surface area (Å²) in [5, 5.41) is 3.47. The van der Waals surface area contributed by atoms with Crippen molar-refractivity contribution >= 4 is 0 Å². The minimum absolute atomic E-state index is 0.642. The van der Waals surface area contributed by atoms with Crippen molar-refractivity contribution in [3.8, 4) is 0 Å². The van der Waals surface area contributed by atoms with Crippen LogP contribution in [0.4, 0.5) is 0 Å². The first-order valence-electron chi connectivity index (χ1n) is 7.21. The van der Waals surface area contributed by atoms with Gasteiger partial charge in [-0.15, -0.1) is 0 Å². The Labute approximate surface area is 106 Å². The van der Waals surface area contributed by atoms with Gasteiger partial charge in [-0.1, -0.05) is 13.8 Å². The summed E-state index contributed by atoms with van der Waals surface area (Å²) in [4.78, 5) is 2.60. The van der Waals surface area contributed by atoms with Crippen LogP contribution in [0.25, 0.3) is 0 Å². The van der Waals surface area contributed by atoms with E-state index in [1.807, 2.05) is 0 Å². The Balaban J connectivity index is 1.64. The molecule has 2 aliphatic heterocycles. The van der Waals surface area contributed by atoms with E-state index in [4.69, 9.17) is 4.74 Å². The Morgan fingerprint density at radius 1 is 1.24 bits per heavy atom. The van der Waals surface area contributed by atoms with E-state index in [9.17, 15) is 0 Å². The average molecular weight is 240 g/mol. The molecule has 1 N–H and O–H groups in total. The van der Waals surface area contributed by atoms with Crippen LogP contribution in [0.3, 0.4) is 0 Å². The van der Waals surface area contributed by atoms with E-state index in [2.05, 4.69) is 24.1 Å². The highest BCUT2D eigenvalue weighted by Gasteiger charge is 2.38. The van der Waals surface area contributed by atoms with Crippen LogP contribution in [0.2, 0.25) is 0 Å². The summed E-state index contributed by atoms with van der Waals surface area (Å²) >= 11 is 0. The van der Waals surface area contributed by atoms with Crippen LogP contribution in [0.5, 0.6) is 0 Å². The van der Waals surface area contributed by atoms with E-state index in [1.54, 1.807) is 0 Å². The third-order valence-corrected chi connectivity index (χ3v) is 4.18. The predicted molar refractivity (Wildman–Crippen MR) is 71.3 cm³/mol. The molecule has 2 aliphatic rings. The zero-order valence-electron chi connectivity index (χ0n) is 11.5. The van der Waals surface area contributed by atoms with Gasteiger partial charge in [-0.25, -0.2) is 0 Å². The lowest BCUT2D eigenvalue weighted by molar-refractivity contribution is 0.0862. The van der Waals surface area contributed by atoms with E-state index in [0.717, 1.165) is 19.8 Å². The lowest BCUT2D eigenvalue weighted by atomic mass is 9.78. The van der Waals surface area contributed by atoms with E-state index >= 15 is 0 Å². The number of hydrogen-bond acceptors (Lipinski definition) is 3. The van der Waals surface area contributed by atoms with Gasteiger partial charge in [0.15, 0.2) is 0 Å². The second-order valence-electron chi connectivity index (χ2n) is 6.24. The quantitative estimate of drug-likeness (QED) is 0.741. The van der Waals surface area contributed by atoms with Crippen LogP contribution < -0.4 is 5.32 Å². The first-order chi connectivity index (χ1) is 8.20. The van der Waals surface area contributed by atoms with E-state index < -0.39 is 0 Å². The van der Waals surface area contributed by atoms with Crippen molar-refractivity contribution < 1.29 is 4.74 Å². The fraction of sp³-hybridized carbons (Fsp3) is 1.00. The highest BCUT2D eigenvalue weighted by atomic mass is 16.5. The van der Waals surface area contributed by atoms with Gasteiger partial charge >= 0.3 is 0 Å². The highest BCUT2D eigenvalue weighted by Crippen LogP contribution is 2.38. The number of nitrogens with zero attached hydrogens (tertiary/aromatic N) is 1. The van der Waals surface area contributed by atoms with Crippen LogP contribution in [0.15, 0.2) is 0 Å². The smallest absolute Gasteiger partial charge is 0.0593 e. The van der Waals surface area contributed by atoms with E-state index in [1.165, 1.54) is 45.4 Å². The first kappa shape index (κ1) is 13.3. The number of rotatable bonds is 5. The number of likely N-dealkylation sites (tertiary alicyclic amines) is 1. The molecule has 0 aromatic carbocycles. The van der Waals surface area contributed by atoms with Crippen LogP contribution >= 0.6 is 0 Å². The van der Waals surface area contributed by atoms with Crippen molar-refractivity contribution in [2.45, 2.75) is 33.1 Å². The van der Waals surface area contributed by atoms with Gasteiger partial charge in [0.25, 0.3) is 0 Å². The molecule has 0 saturated carbocycles. The molecule has 2 saturated heterocycles. The monoisotopic (exact) mass is 240 g/mol. The largest absolute Gasteiger partial charge is 0.380 e. The Morgan fingerprint density at radius 3 is 2.71 bits per heavy atom. The normalized spacial score (nSPS) is 24.9. The molecule has 17 heavy (non-hydrogen) atoms. The van der Waals surface area contributed by atoms with Crippen molar-refractivity contribution in [2.75, 3.05) is 45.9 Å². The van der Waals surface area contributed by atoms with Crippen molar-refractivity contribution in [3.05, 3.63) is 0 Å². The third-order valence-electron chi connectivity index (χ3n) is 4.18. The number of nitrogens with one attached hydrogen (secondary N) is 1. The first-order valence-corrected chi connectivity index (χ1v) is 7.21. The van der Waals surface area contributed by atoms with Crippen molar-refractivity contribution in [1.82, 2.24) is 10.2 Å². The van der Waals surface area contributed by atoms with E-state index in [0.29, 0.717) is 11.3 Å². The Bertz CT molecular complexity index is 224. The second-order valence-corrected chi connectivity index (χ2v) is 6.24. The fourth-order valence-electron chi connectivity index (χ4n) is 3.10. The number of hydrogen-bond donors (Lipinski definition) is 1. The Kier molecular flexibility index (Phi) is 4.83. The van der Waals surface area contributed by atoms with Gasteiger partial charge in [-0.05, 0) is 50.2 Å². The molecule has 2 heterocycles. The molecule has 0 unspecified atom stereocenters. The van der Waals surface area contributed by atoms with Crippen LogP contribution in [0, 0.1) is 11.3 Å². The van der Waals surface area contributed by atoms with Gasteiger partial charge in [0.05, 0.1) is 6.61 Å². The summed E-state index contributed by atoms with van der Waals surface area (Å²) in [6.45, 7) is 12.4. The van der Waals surface area contributed by atoms with Gasteiger partial charge in [-0.3, -0.25) is 0 Å². The molecular formula is C14H28N2O. The molecule has 0 amide bonds. The second kappa shape index (κ2) is 6.17. The molecular weight excluding hydrogens is 212 g/mol. The van der Waals surface area contributed by atoms with Crippen molar-refractivity contribution in [1.29, 1.82) is 0 Å². The molecule has 2 rings (SSSR count). The van der Waals surface area contributed by atoms with Gasteiger partial charge < -0.3 is 15.0 Å². The molecule has 3 nitrogen and oxygen atoms in total. The minimum Gasteiger partial charge on any atom is -0.380 e. The molecule has 0 aliphatic carbocycles. The topological polar surface area (TPSA) is 24.5 Å². The summed E-state index contributed by atoms with van der Waals surface area (Å²) in [7, 11) is 0. The van der Waals surface area contributed by atoms with Gasteiger partial charge in [0.1, 0.15) is 0 Å². The van der Waals surface area contributed by atoms with Crippen molar-refractivity contribution in [3.63, 3.8) is 0 Å². The lowest BCUT2D eigenvalue weighted by Gasteiger charge is -2.33. The summed E-state index contributed by atoms with van der Waals surface area (Å²) in [5.41, 5.74) is 0.642. The molecule has 0 aromatic rings. The summed E-state index contributed by atoms with van der Waals surface area (Å²) in [6, 6.07) is 0. The van der Waals surface area contributed by atoms with Gasteiger partial charge in [0.2, 0.25) is 0 Å². The van der Waals surface area contributed by atoms with Gasteiger partial charge in [-0.2, -0.15) is 0 Å². The summed E-state index contributed by atoms with van der Waals surface area (Å²) in [5.74, 6) is 0.657. The molecule has 1 spiro atoms. The van der Waals surface area contributed by atoms with Crippen LogP contribution in [-0.2, 0) is 4.74 Å². The summed E-state index contributed by atoms with van der Waals surface area (Å²) in [6.07, 6.45) is 4.14. The van der Waals surface area contributed by atoms with Gasteiger partial charge in [0, 0.05) is 19.7 Å². The minimum atomic E-state index is 0.642. The summed E-state index contributed by atoms with van der Waals surface area (Å²) < 4.78 is 5.68. The number of ether oxygens (including phenoxy) is 1. The molecule has 0 radical (unpaired) electrons.